The Labute approximate surface area is 99.4 Å². The summed E-state index contributed by atoms with van der Waals surface area (Å²) >= 11 is 0. The van der Waals surface area contributed by atoms with Crippen LogP contribution in [0.4, 0.5) is 11.8 Å². The molecule has 0 radical (unpaired) electrons. The molecule has 86 valence electrons. The van der Waals surface area contributed by atoms with Gasteiger partial charge in [0.15, 0.2) is 0 Å². The van der Waals surface area contributed by atoms with E-state index in [2.05, 4.69) is 26.8 Å². The Balaban J connectivity index is 2.35. The SMILES string of the molecule is C=CCNc1cc(-c2ccccn2)nc(N)n1. The molecule has 0 aliphatic carbocycles. The maximum Gasteiger partial charge on any atom is 0.222 e. The molecule has 0 spiro atoms. The number of nitrogens with one attached hydrogen (secondary N) is 1. The van der Waals surface area contributed by atoms with E-state index < -0.39 is 0 Å². The Morgan fingerprint density at radius 2 is 2.18 bits per heavy atom. The highest BCUT2D eigenvalue weighted by Gasteiger charge is 2.04. The molecule has 2 rings (SSSR count). The molecule has 0 saturated carbocycles. The van der Waals surface area contributed by atoms with Crippen molar-refractivity contribution in [2.24, 2.45) is 0 Å². The Kier molecular flexibility index (Phi) is 3.30. The van der Waals surface area contributed by atoms with Crippen molar-refractivity contribution < 1.29 is 0 Å². The zero-order valence-corrected chi connectivity index (χ0v) is 9.30. The van der Waals surface area contributed by atoms with Gasteiger partial charge < -0.3 is 11.1 Å². The number of hydrogen-bond donors (Lipinski definition) is 2. The van der Waals surface area contributed by atoms with Crippen LogP contribution in [-0.4, -0.2) is 21.5 Å². The first-order valence-corrected chi connectivity index (χ1v) is 5.20. The van der Waals surface area contributed by atoms with Crippen molar-refractivity contribution >= 4 is 11.8 Å². The monoisotopic (exact) mass is 227 g/mol. The summed E-state index contributed by atoms with van der Waals surface area (Å²) in [5.74, 6) is 0.887. The second-order valence-electron chi connectivity index (χ2n) is 3.38. The number of hydrogen-bond acceptors (Lipinski definition) is 5. The van der Waals surface area contributed by atoms with Gasteiger partial charge in [0.1, 0.15) is 5.82 Å². The van der Waals surface area contributed by atoms with Gasteiger partial charge in [-0.15, -0.1) is 6.58 Å². The Hall–Kier alpha value is -2.43. The van der Waals surface area contributed by atoms with Crippen molar-refractivity contribution in [3.8, 4) is 11.4 Å². The van der Waals surface area contributed by atoms with Gasteiger partial charge in [-0.2, -0.15) is 4.98 Å². The van der Waals surface area contributed by atoms with Crippen LogP contribution in [0.5, 0.6) is 0 Å². The molecule has 0 atom stereocenters. The smallest absolute Gasteiger partial charge is 0.222 e. The number of anilines is 2. The summed E-state index contributed by atoms with van der Waals surface area (Å²) in [6, 6.07) is 7.43. The van der Waals surface area contributed by atoms with Crippen molar-refractivity contribution in [1.82, 2.24) is 15.0 Å². The predicted molar refractivity (Wildman–Crippen MR) is 68.4 cm³/mol. The fraction of sp³-hybridized carbons (Fsp3) is 0.0833. The Bertz CT molecular complexity index is 510. The van der Waals surface area contributed by atoms with E-state index in [4.69, 9.17) is 5.73 Å². The van der Waals surface area contributed by atoms with Crippen LogP contribution in [0.1, 0.15) is 0 Å². The molecule has 2 aromatic heterocycles. The van der Waals surface area contributed by atoms with E-state index >= 15 is 0 Å². The van der Waals surface area contributed by atoms with Gasteiger partial charge in [0.2, 0.25) is 5.95 Å². The largest absolute Gasteiger partial charge is 0.368 e. The number of aromatic nitrogens is 3. The molecule has 0 aliphatic rings. The van der Waals surface area contributed by atoms with Crippen LogP contribution in [0.25, 0.3) is 11.4 Å². The average molecular weight is 227 g/mol. The minimum atomic E-state index is 0.222. The van der Waals surface area contributed by atoms with Crippen LogP contribution in [-0.2, 0) is 0 Å². The van der Waals surface area contributed by atoms with Crippen LogP contribution in [0, 0.1) is 0 Å². The van der Waals surface area contributed by atoms with Gasteiger partial charge in [0.05, 0.1) is 11.4 Å². The van der Waals surface area contributed by atoms with Gasteiger partial charge in [-0.3, -0.25) is 4.98 Å². The van der Waals surface area contributed by atoms with Gasteiger partial charge in [-0.1, -0.05) is 12.1 Å². The topological polar surface area (TPSA) is 76.7 Å². The standard InChI is InChI=1S/C12H13N5/c1-2-6-15-11-8-10(16-12(13)17-11)9-5-3-4-7-14-9/h2-5,7-8H,1,6H2,(H3,13,15,16,17). The summed E-state index contributed by atoms with van der Waals surface area (Å²) < 4.78 is 0. The maximum absolute atomic E-state index is 5.65. The van der Waals surface area contributed by atoms with E-state index in [-0.39, 0.29) is 5.95 Å². The van der Waals surface area contributed by atoms with Gasteiger partial charge in [-0.05, 0) is 12.1 Å². The zero-order chi connectivity index (χ0) is 12.1. The number of nitrogens with two attached hydrogens (primary N) is 1. The molecule has 2 heterocycles. The summed E-state index contributed by atoms with van der Waals surface area (Å²) in [5.41, 5.74) is 7.12. The van der Waals surface area contributed by atoms with Gasteiger partial charge in [-0.25, -0.2) is 4.98 Å². The molecule has 0 fully saturated rings. The maximum atomic E-state index is 5.65. The van der Waals surface area contributed by atoms with Crippen LogP contribution < -0.4 is 11.1 Å². The molecular formula is C12H13N5. The van der Waals surface area contributed by atoms with Gasteiger partial charge >= 0.3 is 0 Å². The summed E-state index contributed by atoms with van der Waals surface area (Å²) in [6.45, 7) is 4.25. The molecule has 0 bridgehead atoms. The van der Waals surface area contributed by atoms with E-state index in [9.17, 15) is 0 Å². The van der Waals surface area contributed by atoms with E-state index in [0.717, 1.165) is 5.69 Å². The molecule has 0 saturated heterocycles. The molecule has 0 aromatic carbocycles. The fourth-order valence-electron chi connectivity index (χ4n) is 1.38. The lowest BCUT2D eigenvalue weighted by Crippen LogP contribution is -2.05. The highest BCUT2D eigenvalue weighted by atomic mass is 15.1. The lowest BCUT2D eigenvalue weighted by atomic mass is 10.2. The van der Waals surface area contributed by atoms with E-state index in [1.807, 2.05) is 24.3 Å². The summed E-state index contributed by atoms with van der Waals surface area (Å²) in [7, 11) is 0. The molecule has 17 heavy (non-hydrogen) atoms. The van der Waals surface area contributed by atoms with Gasteiger partial charge in [0, 0.05) is 18.8 Å². The van der Waals surface area contributed by atoms with Crippen molar-refractivity contribution in [2.45, 2.75) is 0 Å². The third kappa shape index (κ3) is 2.78. The second-order valence-corrected chi connectivity index (χ2v) is 3.38. The first kappa shape index (κ1) is 11.1. The zero-order valence-electron chi connectivity index (χ0n) is 9.30. The number of nitrogen functional groups attached to an aromatic ring is 1. The first-order chi connectivity index (χ1) is 8.29. The first-order valence-electron chi connectivity index (χ1n) is 5.20. The molecule has 5 nitrogen and oxygen atoms in total. The van der Waals surface area contributed by atoms with Gasteiger partial charge in [0.25, 0.3) is 0 Å². The molecular weight excluding hydrogens is 214 g/mol. The van der Waals surface area contributed by atoms with Crippen LogP contribution >= 0.6 is 0 Å². The van der Waals surface area contributed by atoms with Crippen molar-refractivity contribution in [3.05, 3.63) is 43.1 Å². The van der Waals surface area contributed by atoms with E-state index in [1.165, 1.54) is 0 Å². The van der Waals surface area contributed by atoms with Crippen LogP contribution in [0.15, 0.2) is 43.1 Å². The minimum absolute atomic E-state index is 0.222. The van der Waals surface area contributed by atoms with E-state index in [0.29, 0.717) is 18.1 Å². The summed E-state index contributed by atoms with van der Waals surface area (Å²) in [4.78, 5) is 12.4. The molecule has 2 aromatic rings. The predicted octanol–water partition coefficient (Wildman–Crippen LogP) is 1.72. The molecule has 0 amide bonds. The van der Waals surface area contributed by atoms with Crippen molar-refractivity contribution in [3.63, 3.8) is 0 Å². The number of nitrogens with zero attached hydrogens (tertiary/aromatic N) is 3. The lowest BCUT2D eigenvalue weighted by molar-refractivity contribution is 1.14. The van der Waals surface area contributed by atoms with Crippen LogP contribution in [0.3, 0.4) is 0 Å². The lowest BCUT2D eigenvalue weighted by Gasteiger charge is -2.06. The molecule has 0 aliphatic heterocycles. The normalized spacial score (nSPS) is 9.88. The molecule has 5 heteroatoms. The second kappa shape index (κ2) is 5.07. The van der Waals surface area contributed by atoms with Crippen molar-refractivity contribution in [1.29, 1.82) is 0 Å². The van der Waals surface area contributed by atoms with Crippen molar-refractivity contribution in [2.75, 3.05) is 17.6 Å². The van der Waals surface area contributed by atoms with Crippen LogP contribution in [0.2, 0.25) is 0 Å². The molecule has 3 N–H and O–H groups in total. The fourth-order valence-corrected chi connectivity index (χ4v) is 1.38. The third-order valence-corrected chi connectivity index (χ3v) is 2.10. The highest BCUT2D eigenvalue weighted by Crippen LogP contribution is 2.17. The highest BCUT2D eigenvalue weighted by molar-refractivity contribution is 5.60. The third-order valence-electron chi connectivity index (χ3n) is 2.10. The minimum Gasteiger partial charge on any atom is -0.368 e. The quantitative estimate of drug-likeness (QED) is 0.778. The Morgan fingerprint density at radius 3 is 2.88 bits per heavy atom. The van der Waals surface area contributed by atoms with E-state index in [1.54, 1.807) is 12.3 Å². The summed E-state index contributed by atoms with van der Waals surface area (Å²) in [6.07, 6.45) is 3.46. The summed E-state index contributed by atoms with van der Waals surface area (Å²) in [5, 5.41) is 3.07. The number of pyridine rings is 1. The number of rotatable bonds is 4. The Morgan fingerprint density at radius 1 is 1.29 bits per heavy atom. The molecule has 0 unspecified atom stereocenters. The average Bonchev–Trinajstić information content (AvgIpc) is 2.37.